The van der Waals surface area contributed by atoms with E-state index in [4.69, 9.17) is 5.73 Å². The number of fused-ring (bicyclic) bond motifs is 1. The van der Waals surface area contributed by atoms with Crippen LogP contribution in [0.25, 0.3) is 0 Å². The predicted molar refractivity (Wildman–Crippen MR) is 69.5 cm³/mol. The van der Waals surface area contributed by atoms with Gasteiger partial charge in [0.25, 0.3) is 5.91 Å². The van der Waals surface area contributed by atoms with Gasteiger partial charge in [-0.25, -0.2) is 0 Å². The second-order valence-electron chi connectivity index (χ2n) is 4.39. The van der Waals surface area contributed by atoms with Crippen LogP contribution >= 0.6 is 0 Å². The van der Waals surface area contributed by atoms with Crippen LogP contribution in [0.5, 0.6) is 0 Å². The van der Waals surface area contributed by atoms with Crippen LogP contribution < -0.4 is 16.4 Å². The second-order valence-corrected chi connectivity index (χ2v) is 4.39. The van der Waals surface area contributed by atoms with Crippen LogP contribution in [-0.2, 0) is 16.0 Å². The van der Waals surface area contributed by atoms with Crippen LogP contribution in [0.15, 0.2) is 18.2 Å². The molecule has 6 nitrogen and oxygen atoms in total. The van der Waals surface area contributed by atoms with Crippen molar-refractivity contribution in [2.45, 2.75) is 19.3 Å². The average Bonchev–Trinajstić information content (AvgIpc) is 2.37. The molecule has 0 radical (unpaired) electrons. The molecule has 1 aromatic carbocycles. The molecule has 0 bridgehead atoms. The van der Waals surface area contributed by atoms with Crippen LogP contribution in [0, 0.1) is 0 Å². The molecule has 6 heteroatoms. The van der Waals surface area contributed by atoms with Gasteiger partial charge in [0.15, 0.2) is 0 Å². The maximum absolute atomic E-state index is 11.8. The molecule has 0 aromatic heterocycles. The van der Waals surface area contributed by atoms with Gasteiger partial charge in [0.1, 0.15) is 0 Å². The first-order chi connectivity index (χ1) is 9.06. The summed E-state index contributed by atoms with van der Waals surface area (Å²) in [6.07, 6.45) is 1.18. The van der Waals surface area contributed by atoms with Crippen molar-refractivity contribution < 1.29 is 14.4 Å². The van der Waals surface area contributed by atoms with E-state index in [9.17, 15) is 14.4 Å². The lowest BCUT2D eigenvalue weighted by Crippen LogP contribution is -2.28. The lowest BCUT2D eigenvalue weighted by Gasteiger charge is -2.17. The van der Waals surface area contributed by atoms with Gasteiger partial charge in [-0.3, -0.25) is 14.4 Å². The summed E-state index contributed by atoms with van der Waals surface area (Å²) in [7, 11) is 0. The molecule has 1 aliphatic rings. The normalized spacial score (nSPS) is 13.4. The van der Waals surface area contributed by atoms with E-state index in [1.54, 1.807) is 18.2 Å². The van der Waals surface area contributed by atoms with E-state index in [1.165, 1.54) is 0 Å². The molecule has 0 spiro atoms. The number of nitrogens with one attached hydrogen (secondary N) is 2. The van der Waals surface area contributed by atoms with Gasteiger partial charge in [0.05, 0.1) is 0 Å². The van der Waals surface area contributed by atoms with Gasteiger partial charge in [-0.05, 0) is 30.2 Å². The van der Waals surface area contributed by atoms with Gasteiger partial charge in [-0.1, -0.05) is 0 Å². The Morgan fingerprint density at radius 1 is 1.32 bits per heavy atom. The number of primary amides is 1. The molecule has 0 saturated heterocycles. The van der Waals surface area contributed by atoms with Crippen molar-refractivity contribution in [2.24, 2.45) is 5.73 Å². The first kappa shape index (κ1) is 13.1. The topological polar surface area (TPSA) is 101 Å². The predicted octanol–water partition coefficient (Wildman–Crippen LogP) is 0.176. The Balaban J connectivity index is 2.03. The van der Waals surface area contributed by atoms with Crippen molar-refractivity contribution in [3.8, 4) is 0 Å². The van der Waals surface area contributed by atoms with E-state index in [2.05, 4.69) is 10.6 Å². The number of carbonyl (C=O) groups excluding carboxylic acids is 3. The molecule has 1 aliphatic heterocycles. The van der Waals surface area contributed by atoms with Crippen LogP contribution in [0.4, 0.5) is 5.69 Å². The largest absolute Gasteiger partial charge is 0.370 e. The molecule has 0 atom stereocenters. The highest BCUT2D eigenvalue weighted by Gasteiger charge is 2.16. The molecule has 19 heavy (non-hydrogen) atoms. The SMILES string of the molecule is NC(=O)CCNC(=O)c1ccc2c(c1)CCC(=O)N2. The average molecular weight is 261 g/mol. The minimum Gasteiger partial charge on any atom is -0.370 e. The zero-order valence-corrected chi connectivity index (χ0v) is 10.4. The van der Waals surface area contributed by atoms with Crippen LogP contribution in [-0.4, -0.2) is 24.3 Å². The molecule has 2 rings (SSSR count). The van der Waals surface area contributed by atoms with Gasteiger partial charge in [0.2, 0.25) is 11.8 Å². The summed E-state index contributed by atoms with van der Waals surface area (Å²) in [5, 5.41) is 5.37. The number of amides is 3. The third-order valence-corrected chi connectivity index (χ3v) is 2.92. The number of carbonyl (C=O) groups is 3. The van der Waals surface area contributed by atoms with Crippen molar-refractivity contribution in [1.29, 1.82) is 0 Å². The maximum atomic E-state index is 11.8. The maximum Gasteiger partial charge on any atom is 0.251 e. The van der Waals surface area contributed by atoms with Gasteiger partial charge >= 0.3 is 0 Å². The Hall–Kier alpha value is -2.37. The van der Waals surface area contributed by atoms with Gasteiger partial charge in [-0.2, -0.15) is 0 Å². The highest BCUT2D eigenvalue weighted by atomic mass is 16.2. The highest BCUT2D eigenvalue weighted by Crippen LogP contribution is 2.23. The number of rotatable bonds is 4. The third-order valence-electron chi connectivity index (χ3n) is 2.92. The van der Waals surface area contributed by atoms with E-state index >= 15 is 0 Å². The van der Waals surface area contributed by atoms with E-state index in [-0.39, 0.29) is 24.8 Å². The van der Waals surface area contributed by atoms with Crippen LogP contribution in [0.2, 0.25) is 0 Å². The Morgan fingerprint density at radius 3 is 2.84 bits per heavy atom. The highest BCUT2D eigenvalue weighted by molar-refractivity contribution is 5.98. The fourth-order valence-electron chi connectivity index (χ4n) is 1.93. The number of nitrogens with two attached hydrogens (primary N) is 1. The Kier molecular flexibility index (Phi) is 3.79. The van der Waals surface area contributed by atoms with Gasteiger partial charge in [0, 0.05) is 30.6 Å². The summed E-state index contributed by atoms with van der Waals surface area (Å²) in [6, 6.07) is 5.12. The first-order valence-corrected chi connectivity index (χ1v) is 6.05. The smallest absolute Gasteiger partial charge is 0.251 e. The fourth-order valence-corrected chi connectivity index (χ4v) is 1.93. The summed E-state index contributed by atoms with van der Waals surface area (Å²) < 4.78 is 0. The monoisotopic (exact) mass is 261 g/mol. The number of anilines is 1. The van der Waals surface area contributed by atoms with Crippen LogP contribution in [0.3, 0.4) is 0 Å². The summed E-state index contributed by atoms with van der Waals surface area (Å²) in [5.74, 6) is -0.708. The zero-order valence-electron chi connectivity index (χ0n) is 10.4. The van der Waals surface area contributed by atoms with Crippen molar-refractivity contribution >= 4 is 23.4 Å². The molecule has 0 saturated carbocycles. The third kappa shape index (κ3) is 3.31. The molecule has 0 fully saturated rings. The molecule has 0 unspecified atom stereocenters. The molecule has 0 aliphatic carbocycles. The van der Waals surface area contributed by atoms with Crippen LogP contribution in [0.1, 0.15) is 28.8 Å². The lowest BCUT2D eigenvalue weighted by atomic mass is 10.00. The fraction of sp³-hybridized carbons (Fsp3) is 0.308. The minimum absolute atomic E-state index is 0.00819. The summed E-state index contributed by atoms with van der Waals surface area (Å²) in [5.41, 5.74) is 7.21. The number of hydrogen-bond acceptors (Lipinski definition) is 3. The second kappa shape index (κ2) is 5.51. The molecular weight excluding hydrogens is 246 g/mol. The number of aryl methyl sites for hydroxylation is 1. The van der Waals surface area contributed by atoms with Crippen molar-refractivity contribution in [1.82, 2.24) is 5.32 Å². The molecule has 100 valence electrons. The Morgan fingerprint density at radius 2 is 2.11 bits per heavy atom. The van der Waals surface area contributed by atoms with Crippen molar-refractivity contribution in [3.05, 3.63) is 29.3 Å². The lowest BCUT2D eigenvalue weighted by molar-refractivity contribution is -0.118. The van der Waals surface area contributed by atoms with Crippen molar-refractivity contribution in [2.75, 3.05) is 11.9 Å². The van der Waals surface area contributed by atoms with Gasteiger partial charge < -0.3 is 16.4 Å². The molecule has 4 N–H and O–H groups in total. The van der Waals surface area contributed by atoms with E-state index in [0.29, 0.717) is 18.4 Å². The molecular formula is C13H15N3O3. The Bertz CT molecular complexity index is 540. The van der Waals surface area contributed by atoms with Gasteiger partial charge in [-0.15, -0.1) is 0 Å². The first-order valence-electron chi connectivity index (χ1n) is 6.05. The molecule has 1 aromatic rings. The van der Waals surface area contributed by atoms with E-state index in [1.807, 2.05) is 0 Å². The minimum atomic E-state index is -0.451. The number of hydrogen-bond donors (Lipinski definition) is 3. The molecule has 1 heterocycles. The van der Waals surface area contributed by atoms with E-state index in [0.717, 1.165) is 11.3 Å². The zero-order chi connectivity index (χ0) is 13.8. The van der Waals surface area contributed by atoms with Crippen molar-refractivity contribution in [3.63, 3.8) is 0 Å². The summed E-state index contributed by atoms with van der Waals surface area (Å²) in [4.78, 5) is 33.6. The molecule has 3 amide bonds. The quantitative estimate of drug-likeness (QED) is 0.720. The number of benzene rings is 1. The Labute approximate surface area is 110 Å². The summed E-state index contributed by atoms with van der Waals surface area (Å²) >= 11 is 0. The summed E-state index contributed by atoms with van der Waals surface area (Å²) in [6.45, 7) is 0.224. The van der Waals surface area contributed by atoms with E-state index < -0.39 is 5.91 Å². The standard InChI is InChI=1S/C13H15N3O3/c14-11(17)5-6-15-13(19)9-1-3-10-8(7-9)2-4-12(18)16-10/h1,3,7H,2,4-6H2,(H2,14,17)(H,15,19)(H,16,18).